The topological polar surface area (TPSA) is 50.9 Å². The Morgan fingerprint density at radius 1 is 1.15 bits per heavy atom. The second-order valence-corrected chi connectivity index (χ2v) is 5.65. The van der Waals surface area contributed by atoms with E-state index >= 15 is 0 Å². The Labute approximate surface area is 129 Å². The zero-order valence-electron chi connectivity index (χ0n) is 9.80. The van der Waals surface area contributed by atoms with Crippen LogP contribution in [0.15, 0.2) is 33.3 Å². The number of pyridine rings is 1. The van der Waals surface area contributed by atoms with E-state index in [1.165, 1.54) is 6.20 Å². The molecule has 1 atom stereocenters. The standard InChI is InChI=1S/C12H8Br2F3N3/c13-5-3-7(14)12(19-4-5)11(20-18)6-1-2-8(15)10(17)9(6)16/h1-4,11,20H,18H2. The molecule has 1 unspecified atom stereocenters. The Hall–Kier alpha value is -0.960. The SMILES string of the molecule is NNC(c1ccc(F)c(F)c1F)c1ncc(Br)cc1Br. The molecule has 0 aliphatic rings. The summed E-state index contributed by atoms with van der Waals surface area (Å²) < 4.78 is 41.4. The van der Waals surface area contributed by atoms with E-state index in [1.807, 2.05) is 0 Å². The summed E-state index contributed by atoms with van der Waals surface area (Å²) in [4.78, 5) is 4.10. The molecule has 1 aromatic heterocycles. The third-order valence-corrected chi connectivity index (χ3v) is 3.72. The molecular formula is C12H8Br2F3N3. The van der Waals surface area contributed by atoms with Gasteiger partial charge in [-0.1, -0.05) is 6.07 Å². The Bertz CT molecular complexity index is 652. The van der Waals surface area contributed by atoms with Crippen molar-refractivity contribution >= 4 is 31.9 Å². The molecular weight excluding hydrogens is 403 g/mol. The van der Waals surface area contributed by atoms with Crippen LogP contribution in [0.4, 0.5) is 13.2 Å². The summed E-state index contributed by atoms with van der Waals surface area (Å²) in [5.41, 5.74) is 2.56. The molecule has 0 amide bonds. The van der Waals surface area contributed by atoms with Crippen molar-refractivity contribution in [3.8, 4) is 0 Å². The summed E-state index contributed by atoms with van der Waals surface area (Å²) in [7, 11) is 0. The molecule has 0 radical (unpaired) electrons. The van der Waals surface area contributed by atoms with Crippen molar-refractivity contribution in [3.63, 3.8) is 0 Å². The summed E-state index contributed by atoms with van der Waals surface area (Å²) >= 11 is 6.50. The molecule has 0 aliphatic carbocycles. The van der Waals surface area contributed by atoms with E-state index in [0.29, 0.717) is 14.6 Å². The van der Waals surface area contributed by atoms with Crippen molar-refractivity contribution in [2.24, 2.45) is 5.84 Å². The molecule has 0 aliphatic heterocycles. The molecule has 2 aromatic rings. The molecule has 0 spiro atoms. The molecule has 8 heteroatoms. The first-order valence-corrected chi connectivity index (χ1v) is 6.94. The molecule has 3 nitrogen and oxygen atoms in total. The Balaban J connectivity index is 2.55. The van der Waals surface area contributed by atoms with Gasteiger partial charge in [0.25, 0.3) is 0 Å². The zero-order valence-corrected chi connectivity index (χ0v) is 13.0. The van der Waals surface area contributed by atoms with Crippen molar-refractivity contribution < 1.29 is 13.2 Å². The maximum Gasteiger partial charge on any atom is 0.194 e. The third-order valence-electron chi connectivity index (χ3n) is 2.65. The first-order chi connectivity index (χ1) is 9.45. The van der Waals surface area contributed by atoms with Gasteiger partial charge >= 0.3 is 0 Å². The van der Waals surface area contributed by atoms with Gasteiger partial charge in [-0.05, 0) is 44.0 Å². The Morgan fingerprint density at radius 2 is 1.85 bits per heavy atom. The van der Waals surface area contributed by atoms with Crippen molar-refractivity contribution in [2.45, 2.75) is 6.04 Å². The number of aromatic nitrogens is 1. The van der Waals surface area contributed by atoms with Crippen molar-refractivity contribution in [2.75, 3.05) is 0 Å². The van der Waals surface area contributed by atoms with E-state index in [0.717, 1.165) is 12.1 Å². The van der Waals surface area contributed by atoms with Gasteiger partial charge in [0.15, 0.2) is 17.5 Å². The third kappa shape index (κ3) is 2.88. The van der Waals surface area contributed by atoms with Crippen LogP contribution in [-0.4, -0.2) is 4.98 Å². The number of rotatable bonds is 3. The maximum absolute atomic E-state index is 13.8. The second-order valence-electron chi connectivity index (χ2n) is 3.88. The van der Waals surface area contributed by atoms with E-state index < -0.39 is 23.5 Å². The molecule has 0 fully saturated rings. The highest BCUT2D eigenvalue weighted by Gasteiger charge is 2.24. The lowest BCUT2D eigenvalue weighted by atomic mass is 10.0. The summed E-state index contributed by atoms with van der Waals surface area (Å²) in [6.07, 6.45) is 1.49. The fourth-order valence-corrected chi connectivity index (χ4v) is 2.93. The zero-order chi connectivity index (χ0) is 14.9. The second kappa shape index (κ2) is 6.21. The monoisotopic (exact) mass is 409 g/mol. The number of benzene rings is 1. The van der Waals surface area contributed by atoms with Crippen LogP contribution >= 0.6 is 31.9 Å². The van der Waals surface area contributed by atoms with Gasteiger partial charge in [0.2, 0.25) is 0 Å². The minimum atomic E-state index is -1.55. The first kappa shape index (κ1) is 15.4. The average Bonchev–Trinajstić information content (AvgIpc) is 2.41. The molecule has 0 saturated heterocycles. The quantitative estimate of drug-likeness (QED) is 0.462. The lowest BCUT2D eigenvalue weighted by Crippen LogP contribution is -2.30. The number of halogens is 5. The first-order valence-electron chi connectivity index (χ1n) is 5.36. The molecule has 106 valence electrons. The van der Waals surface area contributed by atoms with E-state index in [2.05, 4.69) is 42.3 Å². The fourth-order valence-electron chi connectivity index (χ4n) is 1.72. The average molecular weight is 411 g/mol. The largest absolute Gasteiger partial charge is 0.271 e. The van der Waals surface area contributed by atoms with Crippen LogP contribution in [0.3, 0.4) is 0 Å². The number of hydrazine groups is 1. The van der Waals surface area contributed by atoms with Gasteiger partial charge in [0, 0.05) is 20.7 Å². The van der Waals surface area contributed by atoms with Crippen molar-refractivity contribution in [1.29, 1.82) is 0 Å². The number of hydrogen-bond acceptors (Lipinski definition) is 3. The van der Waals surface area contributed by atoms with Crippen LogP contribution in [-0.2, 0) is 0 Å². The molecule has 0 saturated carbocycles. The number of nitrogens with one attached hydrogen (secondary N) is 1. The van der Waals surface area contributed by atoms with Gasteiger partial charge in [-0.2, -0.15) is 0 Å². The van der Waals surface area contributed by atoms with Gasteiger partial charge in [-0.25, -0.2) is 18.6 Å². The van der Waals surface area contributed by atoms with Crippen LogP contribution in [0.1, 0.15) is 17.3 Å². The molecule has 1 heterocycles. The van der Waals surface area contributed by atoms with E-state index in [9.17, 15) is 13.2 Å². The van der Waals surface area contributed by atoms with E-state index in [4.69, 9.17) is 5.84 Å². The van der Waals surface area contributed by atoms with Crippen molar-refractivity contribution in [3.05, 3.63) is 62.1 Å². The predicted octanol–water partition coefficient (Wildman–Crippen LogP) is 3.58. The summed E-state index contributed by atoms with van der Waals surface area (Å²) in [5.74, 6) is 1.29. The number of hydrogen-bond donors (Lipinski definition) is 2. The fraction of sp³-hybridized carbons (Fsp3) is 0.0833. The van der Waals surface area contributed by atoms with Crippen LogP contribution in [0, 0.1) is 17.5 Å². The van der Waals surface area contributed by atoms with Gasteiger partial charge in [-0.15, -0.1) is 0 Å². The molecule has 20 heavy (non-hydrogen) atoms. The summed E-state index contributed by atoms with van der Waals surface area (Å²) in [5, 5.41) is 0. The smallest absolute Gasteiger partial charge is 0.194 e. The predicted molar refractivity (Wildman–Crippen MR) is 75.1 cm³/mol. The Morgan fingerprint density at radius 3 is 2.45 bits per heavy atom. The Kier molecular flexibility index (Phi) is 4.79. The van der Waals surface area contributed by atoms with Gasteiger partial charge in [0.05, 0.1) is 11.7 Å². The van der Waals surface area contributed by atoms with E-state index in [-0.39, 0.29) is 5.56 Å². The number of nitrogens with two attached hydrogens (primary N) is 1. The van der Waals surface area contributed by atoms with Gasteiger partial charge in [-0.3, -0.25) is 10.8 Å². The summed E-state index contributed by atoms with van der Waals surface area (Å²) in [6.45, 7) is 0. The maximum atomic E-state index is 13.8. The highest BCUT2D eigenvalue weighted by molar-refractivity contribution is 9.11. The lowest BCUT2D eigenvalue weighted by molar-refractivity contribution is 0.432. The highest BCUT2D eigenvalue weighted by atomic mass is 79.9. The van der Waals surface area contributed by atoms with Gasteiger partial charge in [0.1, 0.15) is 0 Å². The van der Waals surface area contributed by atoms with Crippen LogP contribution in [0.2, 0.25) is 0 Å². The minimum absolute atomic E-state index is 0.137. The van der Waals surface area contributed by atoms with E-state index in [1.54, 1.807) is 6.07 Å². The van der Waals surface area contributed by atoms with Crippen LogP contribution in [0.5, 0.6) is 0 Å². The van der Waals surface area contributed by atoms with Crippen molar-refractivity contribution in [1.82, 2.24) is 10.4 Å². The lowest BCUT2D eigenvalue weighted by Gasteiger charge is -2.18. The minimum Gasteiger partial charge on any atom is -0.271 e. The summed E-state index contributed by atoms with van der Waals surface area (Å²) in [6, 6.07) is 2.72. The molecule has 3 N–H and O–H groups in total. The molecule has 1 aromatic carbocycles. The molecule has 2 rings (SSSR count). The highest BCUT2D eigenvalue weighted by Crippen LogP contribution is 2.30. The van der Waals surface area contributed by atoms with Crippen LogP contribution in [0.25, 0.3) is 0 Å². The van der Waals surface area contributed by atoms with Gasteiger partial charge < -0.3 is 0 Å². The molecule has 0 bridgehead atoms. The number of nitrogens with zero attached hydrogens (tertiary/aromatic N) is 1. The van der Waals surface area contributed by atoms with Crippen LogP contribution < -0.4 is 11.3 Å². The normalized spacial score (nSPS) is 12.5.